The standard InChI is InChI=1S/C14H20F2N2O2/c1-9-4-5-12(20-14(15)16)11(6-9)8-18-13(19)10(2)7-17-3/h4-6,10,14,17H,7-8H2,1-3H3,(H,18,19). The number of aryl methyl sites for hydroxylation is 1. The number of nitrogens with one attached hydrogen (secondary N) is 2. The van der Waals surface area contributed by atoms with E-state index in [1.165, 1.54) is 6.07 Å². The summed E-state index contributed by atoms with van der Waals surface area (Å²) in [5.41, 5.74) is 1.45. The Labute approximate surface area is 117 Å². The summed E-state index contributed by atoms with van der Waals surface area (Å²) in [6, 6.07) is 4.90. The fraction of sp³-hybridized carbons (Fsp3) is 0.500. The number of alkyl halides is 2. The molecular formula is C14H20F2N2O2. The van der Waals surface area contributed by atoms with Gasteiger partial charge in [0.15, 0.2) is 0 Å². The molecule has 20 heavy (non-hydrogen) atoms. The van der Waals surface area contributed by atoms with E-state index >= 15 is 0 Å². The van der Waals surface area contributed by atoms with Crippen molar-refractivity contribution in [2.24, 2.45) is 5.92 Å². The number of hydrogen-bond donors (Lipinski definition) is 2. The zero-order valence-corrected chi connectivity index (χ0v) is 11.9. The molecule has 6 heteroatoms. The predicted molar refractivity (Wildman–Crippen MR) is 72.7 cm³/mol. The molecule has 1 amide bonds. The Morgan fingerprint density at radius 1 is 1.40 bits per heavy atom. The van der Waals surface area contributed by atoms with Gasteiger partial charge < -0.3 is 15.4 Å². The van der Waals surface area contributed by atoms with Crippen LogP contribution in [0, 0.1) is 12.8 Å². The molecule has 0 aliphatic heterocycles. The number of hydrogen-bond acceptors (Lipinski definition) is 3. The number of amides is 1. The summed E-state index contributed by atoms with van der Waals surface area (Å²) in [6.07, 6.45) is 0. The van der Waals surface area contributed by atoms with Crippen LogP contribution in [0.25, 0.3) is 0 Å². The molecule has 0 heterocycles. The van der Waals surface area contributed by atoms with Gasteiger partial charge in [-0.15, -0.1) is 0 Å². The van der Waals surface area contributed by atoms with Gasteiger partial charge >= 0.3 is 6.61 Å². The summed E-state index contributed by atoms with van der Waals surface area (Å²) in [7, 11) is 1.76. The predicted octanol–water partition coefficient (Wildman–Crippen LogP) is 2.07. The molecule has 0 aliphatic carbocycles. The molecule has 112 valence electrons. The minimum absolute atomic E-state index is 0.0900. The van der Waals surface area contributed by atoms with Gasteiger partial charge in [-0.2, -0.15) is 8.78 Å². The number of halogens is 2. The average molecular weight is 286 g/mol. The average Bonchev–Trinajstić information content (AvgIpc) is 2.38. The second-order valence-electron chi connectivity index (χ2n) is 4.67. The Morgan fingerprint density at radius 3 is 2.70 bits per heavy atom. The van der Waals surface area contributed by atoms with Crippen LogP contribution in [0.2, 0.25) is 0 Å². The van der Waals surface area contributed by atoms with E-state index in [9.17, 15) is 13.6 Å². The van der Waals surface area contributed by atoms with Gasteiger partial charge in [-0.1, -0.05) is 24.6 Å². The van der Waals surface area contributed by atoms with Crippen molar-refractivity contribution in [3.8, 4) is 5.75 Å². The summed E-state index contributed by atoms with van der Waals surface area (Å²) in [5.74, 6) is -0.236. The molecule has 1 unspecified atom stereocenters. The van der Waals surface area contributed by atoms with Crippen molar-refractivity contribution in [2.75, 3.05) is 13.6 Å². The molecule has 0 bridgehead atoms. The summed E-state index contributed by atoms with van der Waals surface area (Å²) >= 11 is 0. The van der Waals surface area contributed by atoms with E-state index in [4.69, 9.17) is 0 Å². The highest BCUT2D eigenvalue weighted by molar-refractivity contribution is 5.78. The van der Waals surface area contributed by atoms with Crippen molar-refractivity contribution in [1.82, 2.24) is 10.6 Å². The lowest BCUT2D eigenvalue weighted by atomic mass is 10.1. The molecule has 1 aromatic carbocycles. The number of ether oxygens (including phenoxy) is 1. The van der Waals surface area contributed by atoms with Gasteiger partial charge in [-0.3, -0.25) is 4.79 Å². The van der Waals surface area contributed by atoms with E-state index < -0.39 is 6.61 Å². The van der Waals surface area contributed by atoms with Crippen LogP contribution in [-0.4, -0.2) is 26.1 Å². The summed E-state index contributed by atoms with van der Waals surface area (Å²) in [4.78, 5) is 11.8. The maximum atomic E-state index is 12.3. The highest BCUT2D eigenvalue weighted by atomic mass is 19.3. The minimum Gasteiger partial charge on any atom is -0.434 e. The quantitative estimate of drug-likeness (QED) is 0.807. The van der Waals surface area contributed by atoms with Gasteiger partial charge in [0.2, 0.25) is 5.91 Å². The number of rotatable bonds is 7. The van der Waals surface area contributed by atoms with Crippen LogP contribution in [0.4, 0.5) is 8.78 Å². The molecular weight excluding hydrogens is 266 g/mol. The zero-order chi connectivity index (χ0) is 15.1. The van der Waals surface area contributed by atoms with E-state index in [1.807, 2.05) is 6.92 Å². The molecule has 1 rings (SSSR count). The zero-order valence-electron chi connectivity index (χ0n) is 11.9. The van der Waals surface area contributed by atoms with Crippen LogP contribution in [-0.2, 0) is 11.3 Å². The van der Waals surface area contributed by atoms with Gasteiger partial charge in [0.05, 0.1) is 0 Å². The van der Waals surface area contributed by atoms with E-state index in [0.29, 0.717) is 12.1 Å². The monoisotopic (exact) mass is 286 g/mol. The second kappa shape index (κ2) is 7.79. The highest BCUT2D eigenvalue weighted by Crippen LogP contribution is 2.22. The van der Waals surface area contributed by atoms with Crippen molar-refractivity contribution in [3.05, 3.63) is 29.3 Å². The third-order valence-electron chi connectivity index (χ3n) is 2.84. The van der Waals surface area contributed by atoms with E-state index in [0.717, 1.165) is 5.56 Å². The third-order valence-corrected chi connectivity index (χ3v) is 2.84. The molecule has 0 saturated carbocycles. The van der Waals surface area contributed by atoms with Gasteiger partial charge in [-0.25, -0.2) is 0 Å². The van der Waals surface area contributed by atoms with Crippen molar-refractivity contribution >= 4 is 5.91 Å². The second-order valence-corrected chi connectivity index (χ2v) is 4.67. The molecule has 0 aromatic heterocycles. The molecule has 1 atom stereocenters. The maximum absolute atomic E-state index is 12.3. The van der Waals surface area contributed by atoms with Gasteiger partial charge in [0, 0.05) is 24.6 Å². The first kappa shape index (κ1) is 16.4. The number of carbonyl (C=O) groups excluding carboxylic acids is 1. The van der Waals surface area contributed by atoms with Crippen LogP contribution < -0.4 is 15.4 Å². The van der Waals surface area contributed by atoms with Crippen molar-refractivity contribution in [3.63, 3.8) is 0 Å². The minimum atomic E-state index is -2.88. The van der Waals surface area contributed by atoms with Gasteiger partial charge in [-0.05, 0) is 20.0 Å². The fourth-order valence-corrected chi connectivity index (χ4v) is 1.81. The van der Waals surface area contributed by atoms with Crippen molar-refractivity contribution in [1.29, 1.82) is 0 Å². The molecule has 0 fully saturated rings. The Bertz CT molecular complexity index is 453. The Balaban J connectivity index is 2.70. The van der Waals surface area contributed by atoms with E-state index in [-0.39, 0.29) is 24.1 Å². The summed E-state index contributed by atoms with van der Waals surface area (Å²) in [6.45, 7) is 1.48. The van der Waals surface area contributed by atoms with Crippen LogP contribution in [0.5, 0.6) is 5.75 Å². The first-order chi connectivity index (χ1) is 9.43. The van der Waals surface area contributed by atoms with Gasteiger partial charge in [0.25, 0.3) is 0 Å². The topological polar surface area (TPSA) is 50.4 Å². The van der Waals surface area contributed by atoms with Crippen molar-refractivity contribution in [2.45, 2.75) is 27.0 Å². The lowest BCUT2D eigenvalue weighted by molar-refractivity contribution is -0.124. The molecule has 0 spiro atoms. The summed E-state index contributed by atoms with van der Waals surface area (Å²) in [5, 5.41) is 5.63. The molecule has 1 aromatic rings. The fourth-order valence-electron chi connectivity index (χ4n) is 1.81. The Kier molecular flexibility index (Phi) is 6.38. The molecule has 0 radical (unpaired) electrons. The molecule has 0 saturated heterocycles. The largest absolute Gasteiger partial charge is 0.434 e. The van der Waals surface area contributed by atoms with Gasteiger partial charge in [0.1, 0.15) is 5.75 Å². The van der Waals surface area contributed by atoms with Crippen LogP contribution >= 0.6 is 0 Å². The van der Waals surface area contributed by atoms with E-state index in [1.54, 1.807) is 26.1 Å². The summed E-state index contributed by atoms with van der Waals surface area (Å²) < 4.78 is 29.1. The van der Waals surface area contributed by atoms with Crippen LogP contribution in [0.3, 0.4) is 0 Å². The normalized spacial score (nSPS) is 12.3. The van der Waals surface area contributed by atoms with Crippen molar-refractivity contribution < 1.29 is 18.3 Å². The number of benzene rings is 1. The van der Waals surface area contributed by atoms with E-state index in [2.05, 4.69) is 15.4 Å². The molecule has 0 aliphatic rings. The first-order valence-corrected chi connectivity index (χ1v) is 6.40. The molecule has 2 N–H and O–H groups in total. The lowest BCUT2D eigenvalue weighted by Gasteiger charge is -2.14. The maximum Gasteiger partial charge on any atom is 0.387 e. The molecule has 4 nitrogen and oxygen atoms in total. The Hall–Kier alpha value is -1.69. The van der Waals surface area contributed by atoms with Crippen LogP contribution in [0.15, 0.2) is 18.2 Å². The van der Waals surface area contributed by atoms with Crippen LogP contribution in [0.1, 0.15) is 18.1 Å². The highest BCUT2D eigenvalue weighted by Gasteiger charge is 2.14. The SMILES string of the molecule is CNCC(C)C(=O)NCc1cc(C)ccc1OC(F)F. The smallest absolute Gasteiger partial charge is 0.387 e. The third kappa shape index (κ3) is 5.13. The lowest BCUT2D eigenvalue weighted by Crippen LogP contribution is -2.34. The Morgan fingerprint density at radius 2 is 2.10 bits per heavy atom. The number of carbonyl (C=O) groups is 1. The first-order valence-electron chi connectivity index (χ1n) is 6.40.